The molecule has 1 aromatic heterocycles. The molecule has 0 unspecified atom stereocenters. The van der Waals surface area contributed by atoms with Crippen molar-refractivity contribution < 1.29 is 17.9 Å². The molecule has 1 N–H and O–H groups in total. The molecule has 152 valence electrons. The third-order valence-electron chi connectivity index (χ3n) is 4.22. The second-order valence-electron chi connectivity index (χ2n) is 6.50. The number of amides is 1. The van der Waals surface area contributed by atoms with Crippen LogP contribution in [0.4, 0.5) is 5.13 Å². The lowest BCUT2D eigenvalue weighted by atomic mass is 10.2. The van der Waals surface area contributed by atoms with Gasteiger partial charge < -0.3 is 10.1 Å². The minimum Gasteiger partial charge on any atom is -0.497 e. The Bertz CT molecular complexity index is 1050. The second kappa shape index (κ2) is 9.67. The lowest BCUT2D eigenvalue weighted by Crippen LogP contribution is -2.15. The Morgan fingerprint density at radius 3 is 2.52 bits per heavy atom. The zero-order valence-corrected chi connectivity index (χ0v) is 17.6. The predicted molar refractivity (Wildman–Crippen MR) is 116 cm³/mol. The molecule has 0 radical (unpaired) electrons. The van der Waals surface area contributed by atoms with Gasteiger partial charge in [0.05, 0.1) is 24.3 Å². The van der Waals surface area contributed by atoms with Crippen molar-refractivity contribution in [1.29, 1.82) is 0 Å². The lowest BCUT2D eigenvalue weighted by molar-refractivity contribution is -0.116. The number of rotatable bonds is 9. The molecule has 0 aliphatic rings. The standard InChI is InChI=1S/C21H22N2O4S2/c1-27-18-11-9-17(10-12-18)19-14-28-21(22-19)23-20(24)8-5-13-29(25,26)15-16-6-3-2-4-7-16/h2-4,6-7,9-12,14H,5,8,13,15H2,1H3,(H,22,23,24). The first-order valence-corrected chi connectivity index (χ1v) is 11.8. The molecule has 6 nitrogen and oxygen atoms in total. The molecule has 0 saturated heterocycles. The van der Waals surface area contributed by atoms with E-state index in [-0.39, 0.29) is 30.3 Å². The number of nitrogens with zero attached hydrogens (tertiary/aromatic N) is 1. The van der Waals surface area contributed by atoms with E-state index in [2.05, 4.69) is 10.3 Å². The maximum absolute atomic E-state index is 12.2. The number of sulfone groups is 1. The molecule has 29 heavy (non-hydrogen) atoms. The van der Waals surface area contributed by atoms with Crippen molar-refractivity contribution in [3.8, 4) is 17.0 Å². The summed E-state index contributed by atoms with van der Waals surface area (Å²) in [6, 6.07) is 16.5. The molecule has 3 rings (SSSR count). The van der Waals surface area contributed by atoms with Crippen LogP contribution in [0, 0.1) is 0 Å². The van der Waals surface area contributed by atoms with Gasteiger partial charge in [-0.05, 0) is 36.2 Å². The van der Waals surface area contributed by atoms with E-state index in [9.17, 15) is 13.2 Å². The molecule has 0 aliphatic carbocycles. The first-order chi connectivity index (χ1) is 13.9. The summed E-state index contributed by atoms with van der Waals surface area (Å²) in [7, 11) is -1.63. The largest absolute Gasteiger partial charge is 0.497 e. The SMILES string of the molecule is COc1ccc(-c2csc(NC(=O)CCCS(=O)(=O)Cc3ccccc3)n2)cc1. The van der Waals surface area contributed by atoms with Gasteiger partial charge in [0.2, 0.25) is 5.91 Å². The van der Waals surface area contributed by atoms with Crippen LogP contribution in [0.1, 0.15) is 18.4 Å². The van der Waals surface area contributed by atoms with Crippen LogP contribution in [0.5, 0.6) is 5.75 Å². The summed E-state index contributed by atoms with van der Waals surface area (Å²) in [5.41, 5.74) is 2.44. The Morgan fingerprint density at radius 1 is 1.10 bits per heavy atom. The Morgan fingerprint density at radius 2 is 1.83 bits per heavy atom. The van der Waals surface area contributed by atoms with E-state index in [1.807, 2.05) is 47.8 Å². The van der Waals surface area contributed by atoms with Crippen LogP contribution in [-0.4, -0.2) is 32.2 Å². The Hall–Kier alpha value is -2.71. The van der Waals surface area contributed by atoms with Crippen LogP contribution >= 0.6 is 11.3 Å². The fourth-order valence-electron chi connectivity index (χ4n) is 2.76. The van der Waals surface area contributed by atoms with Crippen molar-refractivity contribution in [1.82, 2.24) is 4.98 Å². The van der Waals surface area contributed by atoms with Crippen molar-refractivity contribution in [2.75, 3.05) is 18.2 Å². The number of methoxy groups -OCH3 is 1. The number of benzene rings is 2. The summed E-state index contributed by atoms with van der Waals surface area (Å²) in [5, 5.41) is 5.10. The molecule has 1 amide bonds. The first kappa shape index (κ1) is 21.0. The molecular formula is C21H22N2O4S2. The van der Waals surface area contributed by atoms with Gasteiger partial charge in [0, 0.05) is 17.4 Å². The highest BCUT2D eigenvalue weighted by Crippen LogP contribution is 2.26. The van der Waals surface area contributed by atoms with Gasteiger partial charge in [-0.15, -0.1) is 11.3 Å². The van der Waals surface area contributed by atoms with Gasteiger partial charge in [-0.25, -0.2) is 13.4 Å². The second-order valence-corrected chi connectivity index (χ2v) is 9.54. The third-order valence-corrected chi connectivity index (χ3v) is 6.67. The molecule has 0 bridgehead atoms. The fraction of sp³-hybridized carbons (Fsp3) is 0.238. The van der Waals surface area contributed by atoms with Crippen molar-refractivity contribution >= 4 is 32.2 Å². The number of hydrogen-bond donors (Lipinski definition) is 1. The molecule has 0 aliphatic heterocycles. The van der Waals surface area contributed by atoms with Crippen molar-refractivity contribution in [3.63, 3.8) is 0 Å². The molecule has 3 aromatic rings. The number of thiazole rings is 1. The summed E-state index contributed by atoms with van der Waals surface area (Å²) in [4.78, 5) is 16.5. The van der Waals surface area contributed by atoms with Crippen LogP contribution < -0.4 is 10.1 Å². The zero-order chi connectivity index (χ0) is 20.7. The van der Waals surface area contributed by atoms with Crippen molar-refractivity contribution in [2.24, 2.45) is 0 Å². The van der Waals surface area contributed by atoms with Gasteiger partial charge in [0.25, 0.3) is 0 Å². The average Bonchev–Trinajstić information content (AvgIpc) is 3.16. The topological polar surface area (TPSA) is 85.4 Å². The smallest absolute Gasteiger partial charge is 0.226 e. The van der Waals surface area contributed by atoms with Gasteiger partial charge in [-0.2, -0.15) is 0 Å². The minimum atomic E-state index is -3.24. The van der Waals surface area contributed by atoms with Crippen LogP contribution in [-0.2, 0) is 20.4 Å². The van der Waals surface area contributed by atoms with Gasteiger partial charge in [-0.1, -0.05) is 30.3 Å². The number of nitrogens with one attached hydrogen (secondary N) is 1. The first-order valence-electron chi connectivity index (χ1n) is 9.09. The number of anilines is 1. The number of carbonyl (C=O) groups is 1. The molecule has 0 fully saturated rings. The molecule has 1 heterocycles. The monoisotopic (exact) mass is 430 g/mol. The third kappa shape index (κ3) is 6.40. The minimum absolute atomic E-state index is 0.00679. The molecule has 0 saturated carbocycles. The van der Waals surface area contributed by atoms with E-state index < -0.39 is 9.84 Å². The highest BCUT2D eigenvalue weighted by molar-refractivity contribution is 7.90. The molecule has 8 heteroatoms. The average molecular weight is 431 g/mol. The maximum atomic E-state index is 12.2. The fourth-order valence-corrected chi connectivity index (χ4v) is 4.92. The van der Waals surface area contributed by atoms with Gasteiger partial charge >= 0.3 is 0 Å². The number of ether oxygens (including phenoxy) is 1. The normalized spacial score (nSPS) is 11.2. The summed E-state index contributed by atoms with van der Waals surface area (Å²) in [5.74, 6) is 0.493. The molecule has 2 aromatic carbocycles. The lowest BCUT2D eigenvalue weighted by Gasteiger charge is -2.05. The van der Waals surface area contributed by atoms with Crippen LogP contribution in [0.25, 0.3) is 11.3 Å². The van der Waals surface area contributed by atoms with Crippen molar-refractivity contribution in [3.05, 3.63) is 65.5 Å². The van der Waals surface area contributed by atoms with Crippen LogP contribution in [0.2, 0.25) is 0 Å². The quantitative estimate of drug-likeness (QED) is 0.551. The summed E-state index contributed by atoms with van der Waals surface area (Å²) in [6.45, 7) is 0. The van der Waals surface area contributed by atoms with Crippen LogP contribution in [0.15, 0.2) is 60.0 Å². The van der Waals surface area contributed by atoms with E-state index in [1.165, 1.54) is 11.3 Å². The van der Waals surface area contributed by atoms with Gasteiger partial charge in [0.15, 0.2) is 15.0 Å². The molecule has 0 spiro atoms. The van der Waals surface area contributed by atoms with E-state index in [0.29, 0.717) is 5.13 Å². The predicted octanol–water partition coefficient (Wildman–Crippen LogP) is 4.15. The summed E-state index contributed by atoms with van der Waals surface area (Å²) in [6.07, 6.45) is 0.406. The summed E-state index contributed by atoms with van der Waals surface area (Å²) < 4.78 is 29.5. The zero-order valence-electron chi connectivity index (χ0n) is 16.0. The van der Waals surface area contributed by atoms with E-state index in [1.54, 1.807) is 19.2 Å². The Kier molecular flexibility index (Phi) is 7.00. The Balaban J connectivity index is 1.48. The van der Waals surface area contributed by atoms with Gasteiger partial charge in [0.1, 0.15) is 5.75 Å². The molecular weight excluding hydrogens is 408 g/mol. The molecule has 0 atom stereocenters. The van der Waals surface area contributed by atoms with Crippen molar-refractivity contribution in [2.45, 2.75) is 18.6 Å². The van der Waals surface area contributed by atoms with Crippen LogP contribution in [0.3, 0.4) is 0 Å². The van der Waals surface area contributed by atoms with E-state index in [0.717, 1.165) is 22.6 Å². The maximum Gasteiger partial charge on any atom is 0.226 e. The number of carbonyl (C=O) groups excluding carboxylic acids is 1. The highest BCUT2D eigenvalue weighted by Gasteiger charge is 2.14. The summed E-state index contributed by atoms with van der Waals surface area (Å²) >= 11 is 1.33. The van der Waals surface area contributed by atoms with E-state index in [4.69, 9.17) is 4.74 Å². The van der Waals surface area contributed by atoms with E-state index >= 15 is 0 Å². The number of aromatic nitrogens is 1. The Labute approximate surface area is 174 Å². The van der Waals surface area contributed by atoms with Gasteiger partial charge in [-0.3, -0.25) is 4.79 Å². The number of hydrogen-bond acceptors (Lipinski definition) is 6. The highest BCUT2D eigenvalue weighted by atomic mass is 32.2.